The van der Waals surface area contributed by atoms with Gasteiger partial charge in [0.1, 0.15) is 5.76 Å². The Kier molecular flexibility index (Phi) is 8.58. The summed E-state index contributed by atoms with van der Waals surface area (Å²) in [6.45, 7) is 11.5. The SMILES string of the molecule is CCNC(=NCC1CCN(Cc2nc(C)c(C)o2)CC1)NCCc1ccccc1Cl. The second kappa shape index (κ2) is 11.4. The molecule has 0 unspecified atom stereocenters. The van der Waals surface area contributed by atoms with Gasteiger partial charge in [-0.25, -0.2) is 4.98 Å². The van der Waals surface area contributed by atoms with E-state index in [1.807, 2.05) is 32.0 Å². The summed E-state index contributed by atoms with van der Waals surface area (Å²) in [5.41, 5.74) is 2.15. The number of hydrogen-bond donors (Lipinski definition) is 2. The lowest BCUT2D eigenvalue weighted by molar-refractivity contribution is 0.166. The van der Waals surface area contributed by atoms with Crippen LogP contribution in [0, 0.1) is 19.8 Å². The van der Waals surface area contributed by atoms with Crippen LogP contribution in [0.2, 0.25) is 5.02 Å². The number of oxazole rings is 1. The van der Waals surface area contributed by atoms with Crippen LogP contribution in [0.15, 0.2) is 33.7 Å². The smallest absolute Gasteiger partial charge is 0.208 e. The minimum atomic E-state index is 0.619. The fourth-order valence-corrected chi connectivity index (χ4v) is 3.93. The fourth-order valence-electron chi connectivity index (χ4n) is 3.70. The first-order chi connectivity index (χ1) is 14.5. The molecule has 7 heteroatoms. The summed E-state index contributed by atoms with van der Waals surface area (Å²) >= 11 is 6.25. The van der Waals surface area contributed by atoms with Crippen molar-refractivity contribution < 1.29 is 4.42 Å². The number of piperidine rings is 1. The molecule has 0 saturated carbocycles. The Morgan fingerprint density at radius 3 is 2.67 bits per heavy atom. The number of aliphatic imine (C=N–C) groups is 1. The topological polar surface area (TPSA) is 65.7 Å². The minimum absolute atomic E-state index is 0.619. The average Bonchev–Trinajstić information content (AvgIpc) is 3.05. The molecule has 6 nitrogen and oxygen atoms in total. The third-order valence-corrected chi connectivity index (χ3v) is 6.00. The third kappa shape index (κ3) is 6.74. The molecular formula is C23H34ClN5O. The van der Waals surface area contributed by atoms with Gasteiger partial charge in [-0.1, -0.05) is 29.8 Å². The van der Waals surface area contributed by atoms with Crippen LogP contribution >= 0.6 is 11.6 Å². The van der Waals surface area contributed by atoms with E-state index in [-0.39, 0.29) is 0 Å². The second-order valence-corrected chi connectivity index (χ2v) is 8.36. The van der Waals surface area contributed by atoms with Crippen molar-refractivity contribution in [3.8, 4) is 0 Å². The summed E-state index contributed by atoms with van der Waals surface area (Å²) in [5.74, 6) is 3.26. The predicted molar refractivity (Wildman–Crippen MR) is 123 cm³/mol. The molecule has 1 aromatic carbocycles. The van der Waals surface area contributed by atoms with Crippen LogP contribution in [0.4, 0.5) is 0 Å². The molecule has 1 aliphatic rings. The van der Waals surface area contributed by atoms with Gasteiger partial charge < -0.3 is 15.1 Å². The van der Waals surface area contributed by atoms with E-state index >= 15 is 0 Å². The van der Waals surface area contributed by atoms with Crippen molar-refractivity contribution in [3.05, 3.63) is 52.2 Å². The second-order valence-electron chi connectivity index (χ2n) is 7.96. The average molecular weight is 432 g/mol. The molecule has 1 aliphatic heterocycles. The summed E-state index contributed by atoms with van der Waals surface area (Å²) in [6.07, 6.45) is 3.19. The first-order valence-corrected chi connectivity index (χ1v) is 11.3. The Hall–Kier alpha value is -2.05. The van der Waals surface area contributed by atoms with E-state index in [0.29, 0.717) is 5.92 Å². The molecule has 2 aromatic rings. The van der Waals surface area contributed by atoms with Gasteiger partial charge in [0, 0.05) is 24.7 Å². The number of halogens is 1. The highest BCUT2D eigenvalue weighted by Gasteiger charge is 2.21. The molecular weight excluding hydrogens is 398 g/mol. The fraction of sp³-hybridized carbons (Fsp3) is 0.565. The summed E-state index contributed by atoms with van der Waals surface area (Å²) in [5, 5.41) is 7.60. The van der Waals surface area contributed by atoms with Crippen molar-refractivity contribution in [1.29, 1.82) is 0 Å². The molecule has 1 saturated heterocycles. The summed E-state index contributed by atoms with van der Waals surface area (Å²) in [4.78, 5) is 11.8. The van der Waals surface area contributed by atoms with Gasteiger partial charge in [-0.2, -0.15) is 0 Å². The number of aryl methyl sites for hydroxylation is 2. The van der Waals surface area contributed by atoms with Crippen molar-refractivity contribution in [2.45, 2.75) is 46.6 Å². The van der Waals surface area contributed by atoms with E-state index in [9.17, 15) is 0 Å². The van der Waals surface area contributed by atoms with E-state index in [2.05, 4.69) is 33.5 Å². The quantitative estimate of drug-likeness (QED) is 0.489. The molecule has 30 heavy (non-hydrogen) atoms. The van der Waals surface area contributed by atoms with E-state index in [1.54, 1.807) is 0 Å². The van der Waals surface area contributed by atoms with Crippen LogP contribution in [-0.4, -0.2) is 48.6 Å². The van der Waals surface area contributed by atoms with Crippen molar-refractivity contribution >= 4 is 17.6 Å². The van der Waals surface area contributed by atoms with Gasteiger partial charge in [-0.15, -0.1) is 0 Å². The van der Waals surface area contributed by atoms with Crippen molar-refractivity contribution in [2.75, 3.05) is 32.7 Å². The maximum absolute atomic E-state index is 6.25. The molecule has 0 bridgehead atoms. The molecule has 0 aliphatic carbocycles. The first kappa shape index (κ1) is 22.6. The number of nitrogens with one attached hydrogen (secondary N) is 2. The number of rotatable bonds is 8. The van der Waals surface area contributed by atoms with Crippen LogP contribution < -0.4 is 10.6 Å². The molecule has 2 N–H and O–H groups in total. The Bertz CT molecular complexity index is 807. The minimum Gasteiger partial charge on any atom is -0.444 e. The molecule has 0 radical (unpaired) electrons. The highest BCUT2D eigenvalue weighted by atomic mass is 35.5. The van der Waals surface area contributed by atoms with Gasteiger partial charge in [-0.3, -0.25) is 9.89 Å². The standard InChI is InChI=1S/C23H34ClN5O/c1-4-25-23(26-12-9-20-7-5-6-8-21(20)24)27-15-19-10-13-29(14-11-19)16-22-28-17(2)18(3)30-22/h5-8,19H,4,9-16H2,1-3H3,(H2,25,26,27). The molecule has 164 valence electrons. The van der Waals surface area contributed by atoms with Crippen LogP contribution in [0.5, 0.6) is 0 Å². The number of benzene rings is 1. The highest BCUT2D eigenvalue weighted by Crippen LogP contribution is 2.20. The van der Waals surface area contributed by atoms with Gasteiger partial charge >= 0.3 is 0 Å². The van der Waals surface area contributed by atoms with Gasteiger partial charge in [0.25, 0.3) is 0 Å². The maximum atomic E-state index is 6.25. The van der Waals surface area contributed by atoms with Crippen LogP contribution in [0.3, 0.4) is 0 Å². The Morgan fingerprint density at radius 2 is 2.00 bits per heavy atom. The first-order valence-electron chi connectivity index (χ1n) is 11.0. The van der Waals surface area contributed by atoms with Crippen molar-refractivity contribution in [1.82, 2.24) is 20.5 Å². The lowest BCUT2D eigenvalue weighted by atomic mass is 9.97. The zero-order chi connectivity index (χ0) is 21.3. The molecule has 0 amide bonds. The Labute approximate surface area is 185 Å². The van der Waals surface area contributed by atoms with Crippen molar-refractivity contribution in [3.63, 3.8) is 0 Å². The van der Waals surface area contributed by atoms with Crippen LogP contribution in [-0.2, 0) is 13.0 Å². The lowest BCUT2D eigenvalue weighted by Crippen LogP contribution is -2.39. The zero-order valence-electron chi connectivity index (χ0n) is 18.4. The van der Waals surface area contributed by atoms with Crippen LogP contribution in [0.25, 0.3) is 0 Å². The van der Waals surface area contributed by atoms with E-state index < -0.39 is 0 Å². The van der Waals surface area contributed by atoms with Gasteiger partial charge in [0.05, 0.1) is 12.2 Å². The Balaban J connectivity index is 1.42. The van der Waals surface area contributed by atoms with Gasteiger partial charge in [0.2, 0.25) is 5.89 Å². The molecule has 1 aromatic heterocycles. The van der Waals surface area contributed by atoms with Gasteiger partial charge in [0.15, 0.2) is 5.96 Å². The van der Waals surface area contributed by atoms with E-state index in [4.69, 9.17) is 21.0 Å². The lowest BCUT2D eigenvalue weighted by Gasteiger charge is -2.30. The highest BCUT2D eigenvalue weighted by molar-refractivity contribution is 6.31. The molecule has 2 heterocycles. The maximum Gasteiger partial charge on any atom is 0.208 e. The molecule has 1 fully saturated rings. The predicted octanol–water partition coefficient (Wildman–Crippen LogP) is 3.95. The van der Waals surface area contributed by atoms with E-state index in [0.717, 1.165) is 92.4 Å². The summed E-state index contributed by atoms with van der Waals surface area (Å²) in [6, 6.07) is 8.00. The number of nitrogens with zero attached hydrogens (tertiary/aromatic N) is 3. The molecule has 0 atom stereocenters. The van der Waals surface area contributed by atoms with E-state index in [1.165, 1.54) is 0 Å². The largest absolute Gasteiger partial charge is 0.444 e. The zero-order valence-corrected chi connectivity index (χ0v) is 19.1. The number of likely N-dealkylation sites (tertiary alicyclic amines) is 1. The number of aromatic nitrogens is 1. The monoisotopic (exact) mass is 431 g/mol. The summed E-state index contributed by atoms with van der Waals surface area (Å²) in [7, 11) is 0. The number of guanidine groups is 1. The number of hydrogen-bond acceptors (Lipinski definition) is 4. The Morgan fingerprint density at radius 1 is 1.23 bits per heavy atom. The normalized spacial score (nSPS) is 16.1. The van der Waals surface area contributed by atoms with Crippen molar-refractivity contribution in [2.24, 2.45) is 10.9 Å². The summed E-state index contributed by atoms with van der Waals surface area (Å²) < 4.78 is 5.73. The molecule has 3 rings (SSSR count). The molecule has 0 spiro atoms. The van der Waals surface area contributed by atoms with Crippen LogP contribution in [0.1, 0.15) is 42.7 Å². The van der Waals surface area contributed by atoms with Gasteiger partial charge in [-0.05, 0) is 70.7 Å². The third-order valence-electron chi connectivity index (χ3n) is 5.64.